The highest BCUT2D eigenvalue weighted by Gasteiger charge is 2.26. The third-order valence-electron chi connectivity index (χ3n) is 8.03. The second-order valence-electron chi connectivity index (χ2n) is 10.5. The van der Waals surface area contributed by atoms with Crippen molar-refractivity contribution in [3.05, 3.63) is 53.2 Å². The van der Waals surface area contributed by atoms with Gasteiger partial charge in [0.15, 0.2) is 6.29 Å². The first-order chi connectivity index (χ1) is 18.2. The average Bonchev–Trinajstić information content (AvgIpc) is 3.35. The number of nitrogens with zero attached hydrogens (tertiary/aromatic N) is 4. The van der Waals surface area contributed by atoms with E-state index in [2.05, 4.69) is 58.2 Å². The summed E-state index contributed by atoms with van der Waals surface area (Å²) in [5.74, 6) is 0.541. The molecular formula is C29H37N5O3. The van der Waals surface area contributed by atoms with Crippen LogP contribution in [0.5, 0.6) is 6.01 Å². The lowest BCUT2D eigenvalue weighted by Gasteiger charge is -2.32. The molecule has 3 aliphatic heterocycles. The minimum atomic E-state index is -0.111. The molecule has 0 bridgehead atoms. The maximum Gasteiger partial charge on any atom is 0.318 e. The molecule has 2 fully saturated rings. The standard InChI is InChI=1S/C29H37N5O3/c1-33-14-6-10-22(33)19-37-29-31-24-17-34(15-13-23(24)28(30)32-29)25-11-5-8-20-7-4-9-21(27(20)25)18-36-26-12-2-3-16-35-26/h4-5,7-9,11,22,26H,2-3,6,10,12-19H2,1H3,(H2,30,31,32)/t22-,26?/m0/s1. The molecule has 0 spiro atoms. The second kappa shape index (κ2) is 10.8. The van der Waals surface area contributed by atoms with Crippen LogP contribution in [-0.4, -0.2) is 60.6 Å². The molecule has 196 valence electrons. The molecule has 8 nitrogen and oxygen atoms in total. The van der Waals surface area contributed by atoms with E-state index >= 15 is 0 Å². The van der Waals surface area contributed by atoms with Crippen molar-refractivity contribution in [2.24, 2.45) is 0 Å². The molecule has 4 heterocycles. The maximum absolute atomic E-state index is 6.37. The van der Waals surface area contributed by atoms with Gasteiger partial charge in [0.05, 0.1) is 18.8 Å². The molecule has 0 saturated carbocycles. The van der Waals surface area contributed by atoms with Crippen LogP contribution in [-0.2, 0) is 29.0 Å². The van der Waals surface area contributed by atoms with E-state index in [9.17, 15) is 0 Å². The lowest BCUT2D eigenvalue weighted by molar-refractivity contribution is -0.168. The SMILES string of the molecule is CN1CCC[C@H]1COc1nc(N)c2c(n1)CN(c1cccc3cccc(COC4CCCCO4)c13)CC2. The smallest absolute Gasteiger partial charge is 0.318 e. The molecule has 8 heteroatoms. The summed E-state index contributed by atoms with van der Waals surface area (Å²) in [6, 6.07) is 13.7. The number of fused-ring (bicyclic) bond motifs is 2. The van der Waals surface area contributed by atoms with Gasteiger partial charge in [-0.25, -0.2) is 0 Å². The molecule has 3 aromatic rings. The highest BCUT2D eigenvalue weighted by Crippen LogP contribution is 2.35. The topological polar surface area (TPSA) is 86.0 Å². The van der Waals surface area contributed by atoms with E-state index in [1.807, 2.05) is 0 Å². The lowest BCUT2D eigenvalue weighted by atomic mass is 9.99. The number of aromatic nitrogens is 2. The quantitative estimate of drug-likeness (QED) is 0.511. The van der Waals surface area contributed by atoms with Crippen LogP contribution < -0.4 is 15.4 Å². The molecular weight excluding hydrogens is 466 g/mol. The fourth-order valence-electron chi connectivity index (χ4n) is 5.87. The monoisotopic (exact) mass is 503 g/mol. The summed E-state index contributed by atoms with van der Waals surface area (Å²) in [6.07, 6.45) is 6.28. The predicted molar refractivity (Wildman–Crippen MR) is 145 cm³/mol. The van der Waals surface area contributed by atoms with Crippen molar-refractivity contribution in [2.45, 2.75) is 64.0 Å². The van der Waals surface area contributed by atoms with Crippen LogP contribution in [0, 0.1) is 0 Å². The summed E-state index contributed by atoms with van der Waals surface area (Å²) in [5.41, 5.74) is 10.7. The summed E-state index contributed by atoms with van der Waals surface area (Å²) in [6.45, 7) is 4.55. The predicted octanol–water partition coefficient (Wildman–Crippen LogP) is 4.29. The summed E-state index contributed by atoms with van der Waals surface area (Å²) >= 11 is 0. The van der Waals surface area contributed by atoms with Crippen molar-refractivity contribution >= 4 is 22.3 Å². The Balaban J connectivity index is 1.24. The second-order valence-corrected chi connectivity index (χ2v) is 10.5. The molecule has 2 aromatic carbocycles. The van der Waals surface area contributed by atoms with Gasteiger partial charge < -0.3 is 29.7 Å². The number of ether oxygens (including phenoxy) is 3. The number of hydrogen-bond acceptors (Lipinski definition) is 8. The Morgan fingerprint density at radius 3 is 2.76 bits per heavy atom. The first-order valence-electron chi connectivity index (χ1n) is 13.6. The van der Waals surface area contributed by atoms with Crippen molar-refractivity contribution in [3.63, 3.8) is 0 Å². The normalized spacial score (nSPS) is 22.4. The fourth-order valence-corrected chi connectivity index (χ4v) is 5.87. The van der Waals surface area contributed by atoms with Gasteiger partial charge in [0.25, 0.3) is 0 Å². The number of hydrogen-bond donors (Lipinski definition) is 1. The molecule has 0 radical (unpaired) electrons. The van der Waals surface area contributed by atoms with Gasteiger partial charge in [0.2, 0.25) is 0 Å². The fraction of sp³-hybridized carbons (Fsp3) is 0.517. The minimum Gasteiger partial charge on any atom is -0.462 e. The Kier molecular flexibility index (Phi) is 7.13. The number of anilines is 2. The van der Waals surface area contributed by atoms with E-state index in [0.717, 1.165) is 63.1 Å². The number of likely N-dealkylation sites (N-methyl/N-ethyl adjacent to an activating group) is 1. The van der Waals surface area contributed by atoms with Crippen molar-refractivity contribution in [3.8, 4) is 6.01 Å². The molecule has 2 saturated heterocycles. The molecule has 1 unspecified atom stereocenters. The number of nitrogens with two attached hydrogens (primary N) is 1. The van der Waals surface area contributed by atoms with Gasteiger partial charge in [-0.2, -0.15) is 9.97 Å². The molecule has 1 aromatic heterocycles. The first kappa shape index (κ1) is 24.4. The Labute approximate surface area is 218 Å². The molecule has 37 heavy (non-hydrogen) atoms. The largest absolute Gasteiger partial charge is 0.462 e. The summed E-state index contributed by atoms with van der Waals surface area (Å²) in [4.78, 5) is 14.0. The van der Waals surface area contributed by atoms with Crippen LogP contribution in [0.25, 0.3) is 10.8 Å². The van der Waals surface area contributed by atoms with Crippen LogP contribution >= 0.6 is 0 Å². The Morgan fingerprint density at radius 1 is 1.05 bits per heavy atom. The average molecular weight is 504 g/mol. The first-order valence-corrected chi connectivity index (χ1v) is 13.6. The van der Waals surface area contributed by atoms with E-state index in [0.29, 0.717) is 37.6 Å². The van der Waals surface area contributed by atoms with E-state index in [1.165, 1.54) is 28.4 Å². The van der Waals surface area contributed by atoms with Crippen molar-refractivity contribution < 1.29 is 14.2 Å². The van der Waals surface area contributed by atoms with Crippen molar-refractivity contribution in [1.29, 1.82) is 0 Å². The Hall–Kier alpha value is -2.94. The Bertz CT molecular complexity index is 1240. The molecule has 2 N–H and O–H groups in total. The van der Waals surface area contributed by atoms with Crippen molar-refractivity contribution in [2.75, 3.05) is 44.0 Å². The highest BCUT2D eigenvalue weighted by molar-refractivity contribution is 5.97. The Morgan fingerprint density at radius 2 is 1.95 bits per heavy atom. The van der Waals surface area contributed by atoms with Crippen molar-refractivity contribution in [1.82, 2.24) is 14.9 Å². The van der Waals surface area contributed by atoms with Gasteiger partial charge in [-0.15, -0.1) is 0 Å². The van der Waals surface area contributed by atoms with Crippen LogP contribution in [0.1, 0.15) is 48.9 Å². The molecule has 0 amide bonds. The zero-order valence-electron chi connectivity index (χ0n) is 21.7. The molecule has 0 aliphatic carbocycles. The molecule has 2 atom stereocenters. The van der Waals surface area contributed by atoms with E-state index in [4.69, 9.17) is 24.9 Å². The van der Waals surface area contributed by atoms with E-state index < -0.39 is 0 Å². The van der Waals surface area contributed by atoms with Gasteiger partial charge in [-0.05, 0) is 69.1 Å². The van der Waals surface area contributed by atoms with Crippen LogP contribution in [0.3, 0.4) is 0 Å². The molecule has 6 rings (SSSR count). The summed E-state index contributed by atoms with van der Waals surface area (Å²) < 4.78 is 18.0. The van der Waals surface area contributed by atoms with E-state index in [1.54, 1.807) is 0 Å². The number of benzene rings is 2. The number of likely N-dealkylation sites (tertiary alicyclic amines) is 1. The number of nitrogen functional groups attached to an aromatic ring is 1. The van der Waals surface area contributed by atoms with Gasteiger partial charge in [0, 0.05) is 35.8 Å². The number of rotatable bonds is 7. The maximum atomic E-state index is 6.37. The van der Waals surface area contributed by atoms with Gasteiger partial charge in [-0.1, -0.05) is 30.3 Å². The third-order valence-corrected chi connectivity index (χ3v) is 8.03. The van der Waals surface area contributed by atoms with Gasteiger partial charge in [-0.3, -0.25) is 0 Å². The summed E-state index contributed by atoms with van der Waals surface area (Å²) in [7, 11) is 2.15. The highest BCUT2D eigenvalue weighted by atomic mass is 16.7. The molecule has 3 aliphatic rings. The van der Waals surface area contributed by atoms with Crippen LogP contribution in [0.4, 0.5) is 11.5 Å². The lowest BCUT2D eigenvalue weighted by Crippen LogP contribution is -2.33. The third kappa shape index (κ3) is 5.23. The van der Waals surface area contributed by atoms with Crippen LogP contribution in [0.15, 0.2) is 36.4 Å². The zero-order valence-corrected chi connectivity index (χ0v) is 21.7. The van der Waals surface area contributed by atoms with Gasteiger partial charge in [0.1, 0.15) is 12.4 Å². The van der Waals surface area contributed by atoms with Crippen LogP contribution in [0.2, 0.25) is 0 Å². The summed E-state index contributed by atoms with van der Waals surface area (Å²) in [5, 5.41) is 2.44. The zero-order chi connectivity index (χ0) is 25.2. The van der Waals surface area contributed by atoms with E-state index in [-0.39, 0.29) is 6.29 Å². The van der Waals surface area contributed by atoms with Gasteiger partial charge >= 0.3 is 6.01 Å². The minimum absolute atomic E-state index is 0.111.